The van der Waals surface area contributed by atoms with Crippen LogP contribution in [0, 0.1) is 6.92 Å². The Kier molecular flexibility index (Phi) is 3.66. The van der Waals surface area contributed by atoms with Crippen molar-refractivity contribution in [1.29, 1.82) is 0 Å². The molecule has 0 bridgehead atoms. The van der Waals surface area contributed by atoms with Gasteiger partial charge in [-0.15, -0.1) is 5.10 Å². The van der Waals surface area contributed by atoms with Gasteiger partial charge in [0.1, 0.15) is 0 Å². The molecule has 0 saturated heterocycles. The van der Waals surface area contributed by atoms with Gasteiger partial charge in [-0.05, 0) is 25.5 Å². The van der Waals surface area contributed by atoms with Crippen LogP contribution in [0.5, 0.6) is 0 Å². The van der Waals surface area contributed by atoms with Crippen molar-refractivity contribution in [1.82, 2.24) is 20.0 Å². The monoisotopic (exact) mass is 246 g/mol. The van der Waals surface area contributed by atoms with Crippen LogP contribution in [-0.4, -0.2) is 32.6 Å². The lowest BCUT2D eigenvalue weighted by atomic mass is 10.3. The number of carbonyl (C=O) groups excluding carboxylic acids is 1. The minimum absolute atomic E-state index is 0.265. The lowest BCUT2D eigenvalue weighted by Gasteiger charge is -2.03. The highest BCUT2D eigenvalue weighted by Crippen LogP contribution is 2.08. The van der Waals surface area contributed by atoms with E-state index in [1.165, 1.54) is 0 Å². The Balaban J connectivity index is 2.18. The molecule has 0 saturated carbocycles. The molecule has 2 aromatic rings. The Morgan fingerprint density at radius 3 is 3.00 bits per heavy atom. The van der Waals surface area contributed by atoms with Crippen LogP contribution in [0.4, 0.5) is 0 Å². The molecule has 6 heteroatoms. The van der Waals surface area contributed by atoms with E-state index >= 15 is 0 Å². The van der Waals surface area contributed by atoms with E-state index < -0.39 is 5.97 Å². The third-order valence-corrected chi connectivity index (χ3v) is 2.51. The molecule has 0 N–H and O–H groups in total. The molecule has 2 rings (SSSR count). The van der Waals surface area contributed by atoms with E-state index in [0.29, 0.717) is 18.8 Å². The van der Waals surface area contributed by atoms with E-state index in [2.05, 4.69) is 15.3 Å². The maximum Gasteiger partial charge on any atom is 0.360 e. The summed E-state index contributed by atoms with van der Waals surface area (Å²) in [6.07, 6.45) is 3.47. The average Bonchev–Trinajstić information content (AvgIpc) is 2.73. The lowest BCUT2D eigenvalue weighted by Crippen LogP contribution is -2.09. The number of esters is 1. The molecule has 18 heavy (non-hydrogen) atoms. The van der Waals surface area contributed by atoms with Crippen molar-refractivity contribution < 1.29 is 9.53 Å². The molecule has 0 atom stereocenters. The third-order valence-electron chi connectivity index (χ3n) is 2.51. The predicted molar refractivity (Wildman–Crippen MR) is 64.1 cm³/mol. The van der Waals surface area contributed by atoms with Crippen LogP contribution in [0.15, 0.2) is 24.5 Å². The molecule has 0 aromatic carbocycles. The maximum absolute atomic E-state index is 11.6. The van der Waals surface area contributed by atoms with E-state index in [-0.39, 0.29) is 5.69 Å². The summed E-state index contributed by atoms with van der Waals surface area (Å²) >= 11 is 0. The van der Waals surface area contributed by atoms with Crippen LogP contribution in [0.3, 0.4) is 0 Å². The van der Waals surface area contributed by atoms with Gasteiger partial charge in [-0.25, -0.2) is 9.48 Å². The van der Waals surface area contributed by atoms with Gasteiger partial charge in [0.15, 0.2) is 5.69 Å². The summed E-state index contributed by atoms with van der Waals surface area (Å²) in [6, 6.07) is 3.80. The van der Waals surface area contributed by atoms with Crippen molar-refractivity contribution in [3.05, 3.63) is 41.5 Å². The second kappa shape index (κ2) is 5.39. The number of hydrogen-bond acceptors (Lipinski definition) is 5. The SMILES string of the molecule is CCOC(=O)c1nnn(Cc2cccnc2)c1C. The molecular formula is C12H14N4O2. The molecule has 0 unspecified atom stereocenters. The van der Waals surface area contributed by atoms with Crippen molar-refractivity contribution in [2.24, 2.45) is 0 Å². The van der Waals surface area contributed by atoms with E-state index in [4.69, 9.17) is 4.74 Å². The number of rotatable bonds is 4. The van der Waals surface area contributed by atoms with Crippen LogP contribution in [0.25, 0.3) is 0 Å². The fourth-order valence-electron chi connectivity index (χ4n) is 1.56. The summed E-state index contributed by atoms with van der Waals surface area (Å²) < 4.78 is 6.56. The first-order chi connectivity index (χ1) is 8.72. The molecule has 0 aliphatic heterocycles. The number of ether oxygens (including phenoxy) is 1. The minimum atomic E-state index is -0.438. The largest absolute Gasteiger partial charge is 0.461 e. The number of carbonyl (C=O) groups is 1. The fourth-order valence-corrected chi connectivity index (χ4v) is 1.56. The van der Waals surface area contributed by atoms with Crippen molar-refractivity contribution in [2.75, 3.05) is 6.61 Å². The second-order valence-electron chi connectivity index (χ2n) is 3.76. The van der Waals surface area contributed by atoms with Crippen LogP contribution < -0.4 is 0 Å². The molecule has 0 amide bonds. The van der Waals surface area contributed by atoms with Crippen LogP contribution >= 0.6 is 0 Å². The highest BCUT2D eigenvalue weighted by atomic mass is 16.5. The Bertz CT molecular complexity index is 536. The summed E-state index contributed by atoms with van der Waals surface area (Å²) in [5.74, 6) is -0.438. The number of aromatic nitrogens is 4. The zero-order chi connectivity index (χ0) is 13.0. The molecule has 94 valence electrons. The zero-order valence-electron chi connectivity index (χ0n) is 10.3. The van der Waals surface area contributed by atoms with Gasteiger partial charge >= 0.3 is 5.97 Å². The first kappa shape index (κ1) is 12.2. The van der Waals surface area contributed by atoms with Crippen molar-refractivity contribution in [3.63, 3.8) is 0 Å². The second-order valence-corrected chi connectivity index (χ2v) is 3.76. The Morgan fingerprint density at radius 2 is 2.33 bits per heavy atom. The van der Waals surface area contributed by atoms with E-state index in [1.54, 1.807) is 30.9 Å². The standard InChI is InChI=1S/C12H14N4O2/c1-3-18-12(17)11-9(2)16(15-14-11)8-10-5-4-6-13-7-10/h4-7H,3,8H2,1-2H3. The highest BCUT2D eigenvalue weighted by Gasteiger charge is 2.17. The summed E-state index contributed by atoms with van der Waals surface area (Å²) in [5, 5.41) is 7.80. The molecule has 6 nitrogen and oxygen atoms in total. The predicted octanol–water partition coefficient (Wildman–Crippen LogP) is 1.21. The first-order valence-corrected chi connectivity index (χ1v) is 5.68. The van der Waals surface area contributed by atoms with Gasteiger partial charge in [0.25, 0.3) is 0 Å². The van der Waals surface area contributed by atoms with Crippen molar-refractivity contribution >= 4 is 5.97 Å². The van der Waals surface area contributed by atoms with E-state index in [0.717, 1.165) is 5.56 Å². The molecule has 2 aromatic heterocycles. The Morgan fingerprint density at radius 1 is 1.50 bits per heavy atom. The topological polar surface area (TPSA) is 69.9 Å². The van der Waals surface area contributed by atoms with Crippen molar-refractivity contribution in [2.45, 2.75) is 20.4 Å². The average molecular weight is 246 g/mol. The van der Waals surface area contributed by atoms with Gasteiger partial charge in [-0.1, -0.05) is 11.3 Å². The first-order valence-electron chi connectivity index (χ1n) is 5.68. The molecule has 0 aliphatic carbocycles. The molecule has 0 fully saturated rings. The quantitative estimate of drug-likeness (QED) is 0.758. The number of hydrogen-bond donors (Lipinski definition) is 0. The summed E-state index contributed by atoms with van der Waals surface area (Å²) in [7, 11) is 0. The summed E-state index contributed by atoms with van der Waals surface area (Å²) in [6.45, 7) is 4.41. The third kappa shape index (κ3) is 2.53. The van der Waals surface area contributed by atoms with Gasteiger partial charge in [-0.2, -0.15) is 0 Å². The summed E-state index contributed by atoms with van der Waals surface area (Å²) in [4.78, 5) is 15.6. The van der Waals surface area contributed by atoms with E-state index in [1.807, 2.05) is 12.1 Å². The van der Waals surface area contributed by atoms with Gasteiger partial charge in [0.05, 0.1) is 18.8 Å². The number of nitrogens with zero attached hydrogens (tertiary/aromatic N) is 4. The van der Waals surface area contributed by atoms with Gasteiger partial charge in [0.2, 0.25) is 0 Å². The molecular weight excluding hydrogens is 232 g/mol. The minimum Gasteiger partial charge on any atom is -0.461 e. The smallest absolute Gasteiger partial charge is 0.360 e. The number of pyridine rings is 1. The van der Waals surface area contributed by atoms with Crippen LogP contribution in [-0.2, 0) is 11.3 Å². The normalized spacial score (nSPS) is 10.3. The van der Waals surface area contributed by atoms with Gasteiger partial charge < -0.3 is 4.74 Å². The van der Waals surface area contributed by atoms with E-state index in [9.17, 15) is 4.79 Å². The molecule has 0 radical (unpaired) electrons. The maximum atomic E-state index is 11.6. The molecule has 2 heterocycles. The molecule has 0 spiro atoms. The Hall–Kier alpha value is -2.24. The Labute approximate surface area is 105 Å². The van der Waals surface area contributed by atoms with Gasteiger partial charge in [-0.3, -0.25) is 4.98 Å². The highest BCUT2D eigenvalue weighted by molar-refractivity contribution is 5.88. The van der Waals surface area contributed by atoms with Gasteiger partial charge in [0, 0.05) is 12.4 Å². The summed E-state index contributed by atoms with van der Waals surface area (Å²) in [5.41, 5.74) is 1.96. The fraction of sp³-hybridized carbons (Fsp3) is 0.333. The van der Waals surface area contributed by atoms with Crippen LogP contribution in [0.1, 0.15) is 28.7 Å². The van der Waals surface area contributed by atoms with Crippen LogP contribution in [0.2, 0.25) is 0 Å². The molecule has 0 aliphatic rings. The lowest BCUT2D eigenvalue weighted by molar-refractivity contribution is 0.0518. The zero-order valence-corrected chi connectivity index (χ0v) is 10.3. The van der Waals surface area contributed by atoms with Crippen molar-refractivity contribution in [3.8, 4) is 0 Å².